The number of ketones is 1. The van der Waals surface area contributed by atoms with Gasteiger partial charge in [-0.15, -0.1) is 0 Å². The van der Waals surface area contributed by atoms with Crippen molar-refractivity contribution in [2.45, 2.75) is 46.5 Å². The molecule has 0 saturated heterocycles. The highest BCUT2D eigenvalue weighted by Crippen LogP contribution is 2.49. The number of carboxylic acid groups (broad SMARTS) is 1. The molecule has 0 aromatic heterocycles. The Kier molecular flexibility index (Phi) is 3.04. The average Bonchev–Trinajstić information content (AvgIpc) is 2.14. The van der Waals surface area contributed by atoms with Crippen LogP contribution >= 0.6 is 0 Å². The van der Waals surface area contributed by atoms with E-state index >= 15 is 0 Å². The minimum absolute atomic E-state index is 0.0106. The Bertz CT molecular complexity index is 340. The number of aliphatic carboxylic acids is 1. The van der Waals surface area contributed by atoms with E-state index in [0.717, 1.165) is 12.8 Å². The molecule has 1 N–H and O–H groups in total. The number of rotatable bonds is 1. The fourth-order valence-corrected chi connectivity index (χ4v) is 3.72. The van der Waals surface area contributed by atoms with Crippen LogP contribution in [0.2, 0.25) is 0 Å². The summed E-state index contributed by atoms with van der Waals surface area (Å²) in [6.45, 7) is 6.49. The Morgan fingerprint density at radius 3 is 2.41 bits per heavy atom. The third kappa shape index (κ3) is 2.24. The van der Waals surface area contributed by atoms with Gasteiger partial charge in [-0.05, 0) is 37.0 Å². The number of carbonyl (C=O) groups is 2. The Morgan fingerprint density at radius 1 is 1.24 bits per heavy atom. The highest BCUT2D eigenvalue weighted by Gasteiger charge is 2.48. The number of carboxylic acids is 1. The molecule has 0 amide bonds. The summed E-state index contributed by atoms with van der Waals surface area (Å²) in [6.07, 6.45) is 3.10. The molecule has 0 unspecified atom stereocenters. The molecule has 0 spiro atoms. The van der Waals surface area contributed by atoms with Crippen LogP contribution in [-0.2, 0) is 9.59 Å². The fourth-order valence-electron chi connectivity index (χ4n) is 3.72. The van der Waals surface area contributed by atoms with Crippen molar-refractivity contribution in [1.82, 2.24) is 0 Å². The van der Waals surface area contributed by atoms with E-state index in [1.54, 1.807) is 0 Å². The van der Waals surface area contributed by atoms with Gasteiger partial charge in [0.2, 0.25) is 0 Å². The largest absolute Gasteiger partial charge is 0.481 e. The third-order valence-corrected chi connectivity index (χ3v) is 4.65. The molecule has 2 bridgehead atoms. The van der Waals surface area contributed by atoms with Crippen LogP contribution in [0.3, 0.4) is 0 Å². The van der Waals surface area contributed by atoms with Gasteiger partial charge in [0.25, 0.3) is 0 Å². The molecule has 0 aromatic rings. The molecular formula is C14H22O3. The zero-order chi connectivity index (χ0) is 12.8. The maximum absolute atomic E-state index is 12.2. The maximum atomic E-state index is 12.2. The van der Waals surface area contributed by atoms with Crippen LogP contribution in [-0.4, -0.2) is 16.9 Å². The first kappa shape index (κ1) is 12.6. The van der Waals surface area contributed by atoms with Crippen LogP contribution in [0.15, 0.2) is 0 Å². The van der Waals surface area contributed by atoms with E-state index in [1.807, 2.05) is 0 Å². The maximum Gasteiger partial charge on any atom is 0.306 e. The van der Waals surface area contributed by atoms with Gasteiger partial charge in [-0.3, -0.25) is 9.59 Å². The Labute approximate surface area is 103 Å². The molecule has 0 aliphatic heterocycles. The summed E-state index contributed by atoms with van der Waals surface area (Å²) >= 11 is 0. The second-order valence-corrected chi connectivity index (χ2v) is 6.76. The molecule has 96 valence electrons. The summed E-state index contributed by atoms with van der Waals surface area (Å²) in [6, 6.07) is 0. The summed E-state index contributed by atoms with van der Waals surface area (Å²) in [5, 5.41) is 9.16. The molecule has 4 atom stereocenters. The van der Waals surface area contributed by atoms with E-state index in [9.17, 15) is 9.59 Å². The lowest BCUT2D eigenvalue weighted by Crippen LogP contribution is -2.46. The lowest BCUT2D eigenvalue weighted by molar-refractivity contribution is -0.151. The minimum atomic E-state index is -0.720. The first-order valence-corrected chi connectivity index (χ1v) is 6.57. The zero-order valence-electron chi connectivity index (χ0n) is 10.9. The lowest BCUT2D eigenvalue weighted by Gasteiger charge is -2.46. The fraction of sp³-hybridized carbons (Fsp3) is 0.857. The van der Waals surface area contributed by atoms with Crippen molar-refractivity contribution in [3.8, 4) is 0 Å². The van der Waals surface area contributed by atoms with E-state index in [0.29, 0.717) is 24.5 Å². The van der Waals surface area contributed by atoms with Crippen LogP contribution in [0.5, 0.6) is 0 Å². The number of hydrogen-bond acceptors (Lipinski definition) is 2. The highest BCUT2D eigenvalue weighted by atomic mass is 16.4. The van der Waals surface area contributed by atoms with Crippen LogP contribution in [0, 0.1) is 29.1 Å². The number of fused-ring (bicyclic) bond motifs is 2. The van der Waals surface area contributed by atoms with Gasteiger partial charge < -0.3 is 5.11 Å². The normalized spacial score (nSPS) is 37.9. The topological polar surface area (TPSA) is 54.4 Å². The second-order valence-electron chi connectivity index (χ2n) is 6.76. The highest BCUT2D eigenvalue weighted by molar-refractivity contribution is 5.87. The van der Waals surface area contributed by atoms with Gasteiger partial charge in [-0.25, -0.2) is 0 Å². The summed E-state index contributed by atoms with van der Waals surface area (Å²) in [4.78, 5) is 23.4. The van der Waals surface area contributed by atoms with Gasteiger partial charge in [0.05, 0.1) is 5.92 Å². The van der Waals surface area contributed by atoms with Crippen LogP contribution < -0.4 is 0 Å². The second kappa shape index (κ2) is 4.11. The van der Waals surface area contributed by atoms with Gasteiger partial charge in [-0.1, -0.05) is 20.8 Å². The Balaban J connectivity index is 2.22. The van der Waals surface area contributed by atoms with Crippen molar-refractivity contribution >= 4 is 11.8 Å². The first-order chi connectivity index (χ1) is 7.80. The Morgan fingerprint density at radius 2 is 1.88 bits per heavy atom. The Hall–Kier alpha value is -0.860. The number of Topliss-reactive ketones (excluding diaryl/α,β-unsaturated/α-hetero) is 1. The molecule has 17 heavy (non-hydrogen) atoms. The summed E-state index contributed by atoms with van der Waals surface area (Å²) in [5.41, 5.74) is 0.103. The standard InChI is InChI=1S/C14H22O3/c1-14(2,3)11-5-4-8-6-9(13(16)17)7-10(11)12(8)15/h8-11H,4-7H2,1-3H3,(H,16,17)/t8-,9+,10+,11-/m1/s1. The predicted octanol–water partition coefficient (Wildman–Crippen LogP) is 2.74. The first-order valence-electron chi connectivity index (χ1n) is 6.57. The van der Waals surface area contributed by atoms with E-state index in [2.05, 4.69) is 20.8 Å². The molecule has 0 radical (unpaired) electrons. The van der Waals surface area contributed by atoms with E-state index < -0.39 is 5.97 Å². The molecular weight excluding hydrogens is 216 g/mol. The molecule has 0 aromatic carbocycles. The molecule has 2 fully saturated rings. The molecule has 0 heterocycles. The van der Waals surface area contributed by atoms with Crippen molar-refractivity contribution < 1.29 is 14.7 Å². The van der Waals surface area contributed by atoms with Gasteiger partial charge in [0, 0.05) is 11.8 Å². The molecule has 3 heteroatoms. The van der Waals surface area contributed by atoms with Crippen molar-refractivity contribution in [1.29, 1.82) is 0 Å². The SMILES string of the molecule is CC(C)(C)[C@@H]1CC[C@@H]2C[C@H](C(=O)O)C[C@@H]1C2=O. The van der Waals surface area contributed by atoms with Gasteiger partial charge >= 0.3 is 5.97 Å². The average molecular weight is 238 g/mol. The lowest BCUT2D eigenvalue weighted by atomic mass is 9.57. The summed E-state index contributed by atoms with van der Waals surface area (Å²) in [5.74, 6) is -0.311. The van der Waals surface area contributed by atoms with Crippen molar-refractivity contribution in [3.05, 3.63) is 0 Å². The molecule has 2 rings (SSSR count). The van der Waals surface area contributed by atoms with Gasteiger partial charge in [-0.2, -0.15) is 0 Å². The zero-order valence-corrected chi connectivity index (χ0v) is 10.9. The minimum Gasteiger partial charge on any atom is -0.481 e. The van der Waals surface area contributed by atoms with Crippen molar-refractivity contribution in [2.24, 2.45) is 29.1 Å². The quantitative estimate of drug-likeness (QED) is 0.764. The van der Waals surface area contributed by atoms with E-state index in [1.165, 1.54) is 0 Å². The van der Waals surface area contributed by atoms with Gasteiger partial charge in [0.15, 0.2) is 0 Å². The smallest absolute Gasteiger partial charge is 0.306 e. The van der Waals surface area contributed by atoms with E-state index in [4.69, 9.17) is 5.11 Å². The van der Waals surface area contributed by atoms with Crippen molar-refractivity contribution in [3.63, 3.8) is 0 Å². The molecule has 2 saturated carbocycles. The van der Waals surface area contributed by atoms with E-state index in [-0.39, 0.29) is 23.2 Å². The summed E-state index contributed by atoms with van der Waals surface area (Å²) < 4.78 is 0. The molecule has 3 nitrogen and oxygen atoms in total. The predicted molar refractivity (Wildman–Crippen MR) is 64.5 cm³/mol. The van der Waals surface area contributed by atoms with Crippen LogP contribution in [0.4, 0.5) is 0 Å². The van der Waals surface area contributed by atoms with Gasteiger partial charge in [0.1, 0.15) is 5.78 Å². The van der Waals surface area contributed by atoms with Crippen molar-refractivity contribution in [2.75, 3.05) is 0 Å². The molecule has 2 aliphatic carbocycles. The van der Waals surface area contributed by atoms with Crippen LogP contribution in [0.1, 0.15) is 46.5 Å². The number of carbonyl (C=O) groups excluding carboxylic acids is 1. The monoisotopic (exact) mass is 238 g/mol. The number of hydrogen-bond donors (Lipinski definition) is 1. The summed E-state index contributed by atoms with van der Waals surface area (Å²) in [7, 11) is 0. The van der Waals surface area contributed by atoms with Crippen LogP contribution in [0.25, 0.3) is 0 Å². The third-order valence-electron chi connectivity index (χ3n) is 4.65. The molecule has 2 aliphatic rings.